The van der Waals surface area contributed by atoms with Crippen LogP contribution in [0.15, 0.2) is 33.8 Å². The molecule has 1 N–H and O–H groups in total. The van der Waals surface area contributed by atoms with Gasteiger partial charge in [-0.25, -0.2) is 4.98 Å². The zero-order chi connectivity index (χ0) is 17.3. The fraction of sp³-hybridized carbons (Fsp3) is 0.294. The van der Waals surface area contributed by atoms with E-state index >= 15 is 0 Å². The van der Waals surface area contributed by atoms with E-state index in [9.17, 15) is 9.59 Å². The van der Waals surface area contributed by atoms with Crippen molar-refractivity contribution in [2.45, 2.75) is 33.9 Å². The van der Waals surface area contributed by atoms with E-state index in [1.165, 1.54) is 10.9 Å². The lowest BCUT2D eigenvalue weighted by Gasteiger charge is -2.10. The largest absolute Gasteiger partial charge is 0.350 e. The first kappa shape index (κ1) is 15.9. The minimum Gasteiger partial charge on any atom is -0.350 e. The molecule has 0 radical (unpaired) electrons. The van der Waals surface area contributed by atoms with E-state index in [0.29, 0.717) is 17.6 Å². The van der Waals surface area contributed by atoms with Gasteiger partial charge in [0.1, 0.15) is 18.3 Å². The van der Waals surface area contributed by atoms with Gasteiger partial charge in [-0.3, -0.25) is 14.2 Å². The molecular weight excluding hydrogens is 308 g/mol. The van der Waals surface area contributed by atoms with E-state index in [4.69, 9.17) is 4.52 Å². The zero-order valence-electron chi connectivity index (χ0n) is 13.8. The lowest BCUT2D eigenvalue weighted by Crippen LogP contribution is -2.32. The van der Waals surface area contributed by atoms with Gasteiger partial charge >= 0.3 is 0 Å². The second-order valence-electron chi connectivity index (χ2n) is 5.83. The summed E-state index contributed by atoms with van der Waals surface area (Å²) in [6.07, 6.45) is 1.30. The quantitative estimate of drug-likeness (QED) is 0.787. The molecule has 2 aromatic heterocycles. The molecule has 3 rings (SSSR count). The van der Waals surface area contributed by atoms with E-state index in [2.05, 4.69) is 15.5 Å². The Bertz CT molecular complexity index is 972. The lowest BCUT2D eigenvalue weighted by atomic mass is 10.1. The highest BCUT2D eigenvalue weighted by molar-refractivity contribution is 5.77. The van der Waals surface area contributed by atoms with Crippen LogP contribution in [0.4, 0.5) is 0 Å². The summed E-state index contributed by atoms with van der Waals surface area (Å²) < 4.78 is 6.20. The van der Waals surface area contributed by atoms with Crippen molar-refractivity contribution >= 4 is 17.0 Å². The van der Waals surface area contributed by atoms with Gasteiger partial charge in [0.2, 0.25) is 5.91 Å². The van der Waals surface area contributed by atoms with Crippen LogP contribution in [0.5, 0.6) is 0 Å². The molecule has 1 aromatic carbocycles. The van der Waals surface area contributed by atoms with Crippen LogP contribution in [-0.4, -0.2) is 20.6 Å². The lowest BCUT2D eigenvalue weighted by molar-refractivity contribution is -0.121. The Hall–Kier alpha value is -2.96. The Kier molecular flexibility index (Phi) is 4.16. The minimum atomic E-state index is -0.333. The van der Waals surface area contributed by atoms with Gasteiger partial charge in [-0.2, -0.15) is 0 Å². The number of benzene rings is 1. The number of carbonyl (C=O) groups excluding carboxylic acids is 1. The molecule has 2 heterocycles. The van der Waals surface area contributed by atoms with Crippen molar-refractivity contribution in [2.24, 2.45) is 0 Å². The van der Waals surface area contributed by atoms with Crippen LogP contribution >= 0.6 is 0 Å². The molecule has 7 nitrogen and oxygen atoms in total. The fourth-order valence-corrected chi connectivity index (χ4v) is 2.52. The molecule has 0 fully saturated rings. The maximum atomic E-state index is 12.4. The summed E-state index contributed by atoms with van der Waals surface area (Å²) >= 11 is 0. The summed E-state index contributed by atoms with van der Waals surface area (Å²) in [5, 5.41) is 6.86. The molecule has 0 aliphatic heterocycles. The summed E-state index contributed by atoms with van der Waals surface area (Å²) in [6.45, 7) is 5.99. The molecule has 7 heteroatoms. The van der Waals surface area contributed by atoms with Crippen molar-refractivity contribution in [3.63, 3.8) is 0 Å². The Morgan fingerprint density at radius 2 is 2.08 bits per heavy atom. The topological polar surface area (TPSA) is 90.0 Å². The van der Waals surface area contributed by atoms with Crippen LogP contribution in [0, 0.1) is 20.8 Å². The third kappa shape index (κ3) is 3.05. The molecule has 0 saturated carbocycles. The number of fused-ring (bicyclic) bond motifs is 1. The van der Waals surface area contributed by atoms with Gasteiger partial charge in [0, 0.05) is 6.54 Å². The second-order valence-corrected chi connectivity index (χ2v) is 5.83. The fourth-order valence-electron chi connectivity index (χ4n) is 2.52. The summed E-state index contributed by atoms with van der Waals surface area (Å²) in [4.78, 5) is 28.5. The van der Waals surface area contributed by atoms with Crippen molar-refractivity contribution in [2.75, 3.05) is 0 Å². The molecule has 1 amide bonds. The Labute approximate surface area is 138 Å². The Morgan fingerprint density at radius 1 is 1.29 bits per heavy atom. The van der Waals surface area contributed by atoms with Crippen LogP contribution in [0.1, 0.15) is 22.4 Å². The summed E-state index contributed by atoms with van der Waals surface area (Å²) in [5.74, 6) is -0.256. The molecule has 3 aromatic rings. The van der Waals surface area contributed by atoms with Crippen molar-refractivity contribution in [3.8, 4) is 0 Å². The smallest absolute Gasteiger partial charge is 0.267 e. The van der Waals surface area contributed by atoms with Gasteiger partial charge < -0.3 is 9.84 Å². The van der Waals surface area contributed by atoms with Crippen molar-refractivity contribution in [1.29, 1.82) is 0 Å². The molecule has 0 aliphatic carbocycles. The molecule has 0 spiro atoms. The molecule has 0 aliphatic rings. The Balaban J connectivity index is 1.73. The molecule has 0 saturated heterocycles. The van der Waals surface area contributed by atoms with Crippen molar-refractivity contribution in [3.05, 3.63) is 57.3 Å². The van der Waals surface area contributed by atoms with E-state index in [-0.39, 0.29) is 23.7 Å². The van der Waals surface area contributed by atoms with E-state index in [0.717, 1.165) is 16.7 Å². The predicted octanol–water partition coefficient (Wildman–Crippen LogP) is 1.63. The normalized spacial score (nSPS) is 11.0. The first-order chi connectivity index (χ1) is 11.5. The molecular formula is C17H18N4O3. The molecule has 0 bridgehead atoms. The highest BCUT2D eigenvalue weighted by Gasteiger charge is 2.13. The third-order valence-corrected chi connectivity index (χ3v) is 3.93. The number of aromatic nitrogens is 3. The number of nitrogens with zero attached hydrogens (tertiary/aromatic N) is 3. The van der Waals surface area contributed by atoms with Gasteiger partial charge in [0.05, 0.1) is 5.69 Å². The standard InChI is InChI=1S/C17H18N4O3/c1-10-4-5-11(2)13(6-10)7-18-14(22)8-21-9-19-16-15(17(21)23)12(3)20-24-16/h4-6,9H,7-8H2,1-3H3,(H,18,22). The summed E-state index contributed by atoms with van der Waals surface area (Å²) in [7, 11) is 0. The van der Waals surface area contributed by atoms with Crippen LogP contribution in [0.2, 0.25) is 0 Å². The minimum absolute atomic E-state index is 0.0999. The number of rotatable bonds is 4. The maximum Gasteiger partial charge on any atom is 0.267 e. The van der Waals surface area contributed by atoms with Crippen LogP contribution in [-0.2, 0) is 17.9 Å². The third-order valence-electron chi connectivity index (χ3n) is 3.93. The van der Waals surface area contributed by atoms with E-state index < -0.39 is 0 Å². The highest BCUT2D eigenvalue weighted by atomic mass is 16.5. The molecule has 0 unspecified atom stereocenters. The van der Waals surface area contributed by atoms with Gasteiger partial charge in [-0.15, -0.1) is 0 Å². The SMILES string of the molecule is Cc1ccc(C)c(CNC(=O)Cn2cnc3onc(C)c3c2=O)c1. The predicted molar refractivity (Wildman–Crippen MR) is 88.6 cm³/mol. The first-order valence-electron chi connectivity index (χ1n) is 7.60. The number of aryl methyl sites for hydroxylation is 3. The van der Waals surface area contributed by atoms with Gasteiger partial charge in [-0.05, 0) is 31.9 Å². The monoisotopic (exact) mass is 326 g/mol. The number of amides is 1. The molecule has 0 atom stereocenters. The number of nitrogens with one attached hydrogen (secondary N) is 1. The van der Waals surface area contributed by atoms with Crippen LogP contribution in [0.3, 0.4) is 0 Å². The zero-order valence-corrected chi connectivity index (χ0v) is 13.8. The number of hydrogen-bond donors (Lipinski definition) is 1. The molecule has 24 heavy (non-hydrogen) atoms. The summed E-state index contributed by atoms with van der Waals surface area (Å²) in [6, 6.07) is 6.09. The van der Waals surface area contributed by atoms with Crippen molar-refractivity contribution in [1.82, 2.24) is 20.0 Å². The van der Waals surface area contributed by atoms with Crippen LogP contribution < -0.4 is 10.9 Å². The van der Waals surface area contributed by atoms with E-state index in [1.807, 2.05) is 32.0 Å². The van der Waals surface area contributed by atoms with E-state index in [1.54, 1.807) is 6.92 Å². The number of hydrogen-bond acceptors (Lipinski definition) is 5. The van der Waals surface area contributed by atoms with Gasteiger partial charge in [-0.1, -0.05) is 28.9 Å². The van der Waals surface area contributed by atoms with Crippen LogP contribution in [0.25, 0.3) is 11.1 Å². The highest BCUT2D eigenvalue weighted by Crippen LogP contribution is 2.11. The maximum absolute atomic E-state index is 12.4. The average molecular weight is 326 g/mol. The number of carbonyl (C=O) groups is 1. The Morgan fingerprint density at radius 3 is 2.88 bits per heavy atom. The summed E-state index contributed by atoms with van der Waals surface area (Å²) in [5.41, 5.74) is 3.62. The average Bonchev–Trinajstić information content (AvgIpc) is 2.93. The second kappa shape index (κ2) is 6.27. The van der Waals surface area contributed by atoms with Gasteiger partial charge in [0.25, 0.3) is 11.3 Å². The first-order valence-corrected chi connectivity index (χ1v) is 7.60. The molecule has 124 valence electrons. The van der Waals surface area contributed by atoms with Crippen molar-refractivity contribution < 1.29 is 9.32 Å². The van der Waals surface area contributed by atoms with Gasteiger partial charge in [0.15, 0.2) is 0 Å².